The highest BCUT2D eigenvalue weighted by Crippen LogP contribution is 2.42. The molecule has 0 fully saturated rings. The summed E-state index contributed by atoms with van der Waals surface area (Å²) in [6.45, 7) is 2.09. The number of carbonyl (C=O) groups is 1. The molecule has 33 heavy (non-hydrogen) atoms. The number of rotatable bonds is 7. The van der Waals surface area contributed by atoms with Crippen LogP contribution in [0.3, 0.4) is 0 Å². The first-order chi connectivity index (χ1) is 15.9. The van der Waals surface area contributed by atoms with Crippen LogP contribution in [0.1, 0.15) is 18.1 Å². The van der Waals surface area contributed by atoms with Crippen LogP contribution < -0.4 is 14.4 Å². The van der Waals surface area contributed by atoms with Crippen molar-refractivity contribution in [3.05, 3.63) is 101 Å². The SMILES string of the molecule is CCN1c2ccccc2C(c2ccccc2)=C(C(=O)NCCOc2ccc(F)cc2)S1(=O)=O. The van der Waals surface area contributed by atoms with Gasteiger partial charge in [0.25, 0.3) is 15.9 Å². The van der Waals surface area contributed by atoms with Crippen molar-refractivity contribution in [3.8, 4) is 5.75 Å². The Morgan fingerprint density at radius 1 is 0.970 bits per heavy atom. The molecule has 0 saturated heterocycles. The number of hydrogen-bond donors (Lipinski definition) is 1. The predicted octanol–water partition coefficient (Wildman–Crippen LogP) is 3.95. The highest BCUT2D eigenvalue weighted by molar-refractivity contribution is 7.97. The van der Waals surface area contributed by atoms with Crippen molar-refractivity contribution in [1.29, 1.82) is 0 Å². The second-order valence-corrected chi connectivity index (χ2v) is 9.11. The number of amides is 1. The predicted molar refractivity (Wildman–Crippen MR) is 126 cm³/mol. The van der Waals surface area contributed by atoms with Gasteiger partial charge in [0, 0.05) is 17.7 Å². The summed E-state index contributed by atoms with van der Waals surface area (Å²) in [5, 5.41) is 2.66. The lowest BCUT2D eigenvalue weighted by molar-refractivity contribution is -0.116. The summed E-state index contributed by atoms with van der Waals surface area (Å²) in [5.41, 5.74) is 2.22. The van der Waals surface area contributed by atoms with Crippen LogP contribution in [0, 0.1) is 5.82 Å². The van der Waals surface area contributed by atoms with Gasteiger partial charge in [-0.15, -0.1) is 0 Å². The molecule has 1 aliphatic rings. The van der Waals surface area contributed by atoms with Crippen LogP contribution in [0.5, 0.6) is 5.75 Å². The van der Waals surface area contributed by atoms with Crippen molar-refractivity contribution < 1.29 is 22.3 Å². The standard InChI is InChI=1S/C25H23FN2O4S/c1-2-28-22-11-7-6-10-21(22)23(18-8-4-3-5-9-18)24(33(28,30)31)25(29)27-16-17-32-20-14-12-19(26)13-15-20/h3-15H,2,16-17H2,1H3,(H,27,29). The van der Waals surface area contributed by atoms with Gasteiger partial charge >= 0.3 is 0 Å². The minimum absolute atomic E-state index is 0.0745. The molecule has 0 radical (unpaired) electrons. The van der Waals surface area contributed by atoms with Gasteiger partial charge in [-0.2, -0.15) is 0 Å². The van der Waals surface area contributed by atoms with Gasteiger partial charge in [-0.1, -0.05) is 48.5 Å². The van der Waals surface area contributed by atoms with Gasteiger partial charge < -0.3 is 10.1 Å². The van der Waals surface area contributed by atoms with E-state index < -0.39 is 15.9 Å². The quantitative estimate of drug-likeness (QED) is 0.535. The van der Waals surface area contributed by atoms with E-state index in [2.05, 4.69) is 5.32 Å². The molecule has 170 valence electrons. The minimum Gasteiger partial charge on any atom is -0.492 e. The molecule has 4 rings (SSSR count). The van der Waals surface area contributed by atoms with Crippen LogP contribution >= 0.6 is 0 Å². The minimum atomic E-state index is -4.10. The van der Waals surface area contributed by atoms with Crippen molar-refractivity contribution in [2.45, 2.75) is 6.92 Å². The first-order valence-electron chi connectivity index (χ1n) is 10.5. The molecule has 0 aromatic heterocycles. The highest BCUT2D eigenvalue weighted by Gasteiger charge is 2.40. The Kier molecular flexibility index (Phi) is 6.46. The molecule has 0 aliphatic carbocycles. The summed E-state index contributed by atoms with van der Waals surface area (Å²) in [7, 11) is -4.10. The summed E-state index contributed by atoms with van der Waals surface area (Å²) in [6, 6.07) is 21.7. The van der Waals surface area contributed by atoms with Gasteiger partial charge in [0.1, 0.15) is 18.2 Å². The van der Waals surface area contributed by atoms with Gasteiger partial charge in [0.05, 0.1) is 12.2 Å². The summed E-state index contributed by atoms with van der Waals surface area (Å²) in [6.07, 6.45) is 0. The molecular formula is C25H23FN2O4S. The first kappa shape index (κ1) is 22.5. The molecule has 0 unspecified atom stereocenters. The normalized spacial score (nSPS) is 14.5. The van der Waals surface area contributed by atoms with Crippen molar-refractivity contribution in [2.24, 2.45) is 0 Å². The summed E-state index contributed by atoms with van der Waals surface area (Å²) in [5.74, 6) is -0.630. The number of fused-ring (bicyclic) bond motifs is 1. The Balaban J connectivity index is 1.68. The molecule has 0 bridgehead atoms. The number of nitrogens with one attached hydrogen (secondary N) is 1. The number of ether oxygens (including phenoxy) is 1. The van der Waals surface area contributed by atoms with Gasteiger partial charge in [-0.05, 0) is 42.8 Å². The summed E-state index contributed by atoms with van der Waals surface area (Å²) in [4.78, 5) is 12.9. The van der Waals surface area contributed by atoms with E-state index in [1.807, 2.05) is 18.2 Å². The van der Waals surface area contributed by atoms with E-state index in [0.29, 0.717) is 28.1 Å². The number of para-hydroxylation sites is 1. The lowest BCUT2D eigenvalue weighted by Crippen LogP contribution is -2.42. The van der Waals surface area contributed by atoms with E-state index in [1.54, 1.807) is 43.3 Å². The number of benzene rings is 3. The molecule has 1 heterocycles. The number of hydrogen-bond acceptors (Lipinski definition) is 4. The molecule has 6 nitrogen and oxygen atoms in total. The summed E-state index contributed by atoms with van der Waals surface area (Å²) < 4.78 is 46.9. The molecule has 3 aromatic rings. The smallest absolute Gasteiger partial charge is 0.270 e. The third-order valence-corrected chi connectivity index (χ3v) is 7.18. The van der Waals surface area contributed by atoms with Crippen molar-refractivity contribution >= 4 is 27.2 Å². The maximum absolute atomic E-state index is 13.6. The van der Waals surface area contributed by atoms with Gasteiger partial charge in [0.15, 0.2) is 4.91 Å². The lowest BCUT2D eigenvalue weighted by Gasteiger charge is -2.32. The topological polar surface area (TPSA) is 75.7 Å². The molecule has 1 amide bonds. The average molecular weight is 467 g/mol. The van der Waals surface area contributed by atoms with E-state index in [4.69, 9.17) is 4.74 Å². The van der Waals surface area contributed by atoms with E-state index in [1.165, 1.54) is 28.6 Å². The molecule has 0 atom stereocenters. The second kappa shape index (κ2) is 9.46. The number of halogens is 1. The van der Waals surface area contributed by atoms with E-state index in [-0.39, 0.29) is 30.4 Å². The molecule has 8 heteroatoms. The first-order valence-corrected chi connectivity index (χ1v) is 12.0. The third-order valence-electron chi connectivity index (χ3n) is 5.24. The van der Waals surface area contributed by atoms with Crippen molar-refractivity contribution in [1.82, 2.24) is 5.32 Å². The monoisotopic (exact) mass is 466 g/mol. The van der Waals surface area contributed by atoms with E-state index in [9.17, 15) is 17.6 Å². The molecule has 3 aromatic carbocycles. The Hall–Kier alpha value is -3.65. The zero-order valence-electron chi connectivity index (χ0n) is 18.0. The van der Waals surface area contributed by atoms with Crippen LogP contribution in [0.4, 0.5) is 10.1 Å². The van der Waals surface area contributed by atoms with Gasteiger partial charge in [0.2, 0.25) is 0 Å². The fourth-order valence-corrected chi connectivity index (χ4v) is 5.57. The molecular weight excluding hydrogens is 443 g/mol. The average Bonchev–Trinajstić information content (AvgIpc) is 2.82. The van der Waals surface area contributed by atoms with Crippen molar-refractivity contribution in [3.63, 3.8) is 0 Å². The number of anilines is 1. The van der Waals surface area contributed by atoms with Crippen LogP contribution in [-0.2, 0) is 14.8 Å². The van der Waals surface area contributed by atoms with Crippen LogP contribution in [0.25, 0.3) is 5.57 Å². The molecule has 1 N–H and O–H groups in total. The van der Waals surface area contributed by atoms with Crippen LogP contribution in [0.2, 0.25) is 0 Å². The van der Waals surface area contributed by atoms with Gasteiger partial charge in [-0.3, -0.25) is 9.10 Å². The number of sulfonamides is 1. The van der Waals surface area contributed by atoms with E-state index >= 15 is 0 Å². The zero-order valence-corrected chi connectivity index (χ0v) is 18.8. The maximum Gasteiger partial charge on any atom is 0.270 e. The van der Waals surface area contributed by atoms with E-state index in [0.717, 1.165) is 0 Å². The summed E-state index contributed by atoms with van der Waals surface area (Å²) >= 11 is 0. The third kappa shape index (κ3) is 4.47. The zero-order chi connectivity index (χ0) is 23.4. The van der Waals surface area contributed by atoms with Crippen LogP contribution in [0.15, 0.2) is 83.8 Å². The van der Waals surface area contributed by atoms with Gasteiger partial charge in [-0.25, -0.2) is 12.8 Å². The second-order valence-electron chi connectivity index (χ2n) is 7.32. The maximum atomic E-state index is 13.6. The van der Waals surface area contributed by atoms with Crippen LogP contribution in [-0.4, -0.2) is 34.0 Å². The Bertz CT molecular complexity index is 1290. The fourth-order valence-electron chi connectivity index (χ4n) is 3.80. The number of carbonyl (C=O) groups excluding carboxylic acids is 1. The molecule has 1 aliphatic heterocycles. The molecule has 0 spiro atoms. The Morgan fingerprint density at radius 3 is 2.33 bits per heavy atom. The number of nitrogens with zero attached hydrogens (tertiary/aromatic N) is 1. The largest absolute Gasteiger partial charge is 0.492 e. The fraction of sp³-hybridized carbons (Fsp3) is 0.160. The highest BCUT2D eigenvalue weighted by atomic mass is 32.2. The Morgan fingerprint density at radius 2 is 1.64 bits per heavy atom. The lowest BCUT2D eigenvalue weighted by atomic mass is 9.95. The Labute approximate surface area is 192 Å². The van der Waals surface area contributed by atoms with Crippen molar-refractivity contribution in [2.75, 3.05) is 24.0 Å². The molecule has 0 saturated carbocycles.